The van der Waals surface area contributed by atoms with Crippen LogP contribution in [0, 0.1) is 0 Å². The van der Waals surface area contributed by atoms with Gasteiger partial charge in [0, 0.05) is 6.42 Å². The van der Waals surface area contributed by atoms with Crippen molar-refractivity contribution in [2.75, 3.05) is 7.11 Å². The highest BCUT2D eigenvalue weighted by Crippen LogP contribution is 2.44. The number of methoxy groups -OCH3 is 1. The Balaban J connectivity index is 2.17. The first-order valence-corrected chi connectivity index (χ1v) is 4.09. The molecular weight excluding hydrogens is 163 g/mol. The summed E-state index contributed by atoms with van der Waals surface area (Å²) in [6.45, 7) is 0. The van der Waals surface area contributed by atoms with Crippen LogP contribution in [0.4, 0.5) is 4.39 Å². The Morgan fingerprint density at radius 1 is 1.67 bits per heavy atom. The maximum absolute atomic E-state index is 13.8. The zero-order valence-electron chi connectivity index (χ0n) is 6.88. The van der Waals surface area contributed by atoms with E-state index in [1.165, 1.54) is 7.11 Å². The average Bonchev–Trinajstić information content (AvgIpc) is 2.62. The maximum atomic E-state index is 13.8. The van der Waals surface area contributed by atoms with Crippen molar-refractivity contribution >= 4 is 5.97 Å². The predicted molar refractivity (Wildman–Crippen MR) is 38.4 cm³/mol. The highest BCUT2D eigenvalue weighted by molar-refractivity contribution is 5.81. The fourth-order valence-electron chi connectivity index (χ4n) is 2.04. The molecule has 2 rings (SSSR count). The molecule has 12 heavy (non-hydrogen) atoms. The third-order valence-corrected chi connectivity index (χ3v) is 2.67. The van der Waals surface area contributed by atoms with Crippen LogP contribution in [-0.4, -0.2) is 31.0 Å². The fourth-order valence-corrected chi connectivity index (χ4v) is 2.04. The molecule has 4 heteroatoms. The van der Waals surface area contributed by atoms with Gasteiger partial charge in [-0.25, -0.2) is 9.18 Å². The molecule has 0 spiro atoms. The molecule has 0 aliphatic carbocycles. The number of ether oxygens (including phenoxy) is 2. The minimum absolute atomic E-state index is 0.0703. The third kappa shape index (κ3) is 0.874. The Hall–Kier alpha value is -0.640. The summed E-state index contributed by atoms with van der Waals surface area (Å²) < 4.78 is 23.4. The third-order valence-electron chi connectivity index (χ3n) is 2.67. The zero-order chi connectivity index (χ0) is 8.77. The van der Waals surface area contributed by atoms with E-state index in [1.807, 2.05) is 0 Å². The van der Waals surface area contributed by atoms with Crippen molar-refractivity contribution in [2.45, 2.75) is 37.1 Å². The van der Waals surface area contributed by atoms with Crippen LogP contribution in [0.5, 0.6) is 0 Å². The Labute approximate surface area is 69.8 Å². The molecule has 2 aliphatic rings. The number of rotatable bonds is 1. The molecule has 3 nitrogen and oxygen atoms in total. The van der Waals surface area contributed by atoms with Crippen LogP contribution in [0.1, 0.15) is 19.3 Å². The van der Waals surface area contributed by atoms with E-state index in [2.05, 4.69) is 4.74 Å². The Bertz CT molecular complexity index is 218. The molecule has 2 fully saturated rings. The van der Waals surface area contributed by atoms with Crippen molar-refractivity contribution < 1.29 is 18.7 Å². The van der Waals surface area contributed by atoms with Gasteiger partial charge in [-0.1, -0.05) is 0 Å². The van der Waals surface area contributed by atoms with E-state index < -0.39 is 17.7 Å². The molecule has 2 heterocycles. The molecule has 0 aromatic rings. The van der Waals surface area contributed by atoms with E-state index in [0.717, 1.165) is 6.42 Å². The normalized spacial score (nSPS) is 44.8. The standard InChI is InChI=1S/C8H11FO3/c1-11-7(10)8(9)4-5-2-3-6(8)12-5/h5-6H,2-4H2,1H3/t5-,6+,8-/m1/s1. The highest BCUT2D eigenvalue weighted by atomic mass is 19.1. The molecule has 0 aromatic carbocycles. The van der Waals surface area contributed by atoms with Crippen molar-refractivity contribution in [3.8, 4) is 0 Å². The van der Waals surface area contributed by atoms with Crippen molar-refractivity contribution in [3.05, 3.63) is 0 Å². The van der Waals surface area contributed by atoms with Gasteiger partial charge < -0.3 is 9.47 Å². The quantitative estimate of drug-likeness (QED) is 0.552. The average molecular weight is 174 g/mol. The first-order chi connectivity index (χ1) is 5.66. The molecule has 2 bridgehead atoms. The van der Waals surface area contributed by atoms with Crippen molar-refractivity contribution in [3.63, 3.8) is 0 Å². The summed E-state index contributed by atoms with van der Waals surface area (Å²) in [6, 6.07) is 0. The lowest BCUT2D eigenvalue weighted by Gasteiger charge is -2.23. The van der Waals surface area contributed by atoms with Gasteiger partial charge in [0.05, 0.1) is 13.2 Å². The molecule has 3 atom stereocenters. The van der Waals surface area contributed by atoms with Gasteiger partial charge >= 0.3 is 5.97 Å². The molecule has 0 saturated carbocycles. The van der Waals surface area contributed by atoms with E-state index in [4.69, 9.17) is 4.74 Å². The monoisotopic (exact) mass is 174 g/mol. The van der Waals surface area contributed by atoms with E-state index >= 15 is 0 Å². The van der Waals surface area contributed by atoms with E-state index in [9.17, 15) is 9.18 Å². The number of fused-ring (bicyclic) bond motifs is 2. The lowest BCUT2D eigenvalue weighted by atomic mass is 9.86. The number of hydrogen-bond donors (Lipinski definition) is 0. The summed E-state index contributed by atoms with van der Waals surface area (Å²) in [7, 11) is 1.20. The van der Waals surface area contributed by atoms with Crippen LogP contribution < -0.4 is 0 Å². The molecule has 2 saturated heterocycles. The number of carbonyl (C=O) groups is 1. The van der Waals surface area contributed by atoms with Gasteiger partial charge in [-0.15, -0.1) is 0 Å². The maximum Gasteiger partial charge on any atom is 0.346 e. The van der Waals surface area contributed by atoms with Crippen molar-refractivity contribution in [1.82, 2.24) is 0 Å². The summed E-state index contributed by atoms with van der Waals surface area (Å²) in [5, 5.41) is 0. The van der Waals surface area contributed by atoms with E-state index in [1.54, 1.807) is 0 Å². The van der Waals surface area contributed by atoms with Crippen LogP contribution in [-0.2, 0) is 14.3 Å². The molecule has 0 radical (unpaired) electrons. The zero-order valence-corrected chi connectivity index (χ0v) is 6.88. The SMILES string of the molecule is COC(=O)[C@@]1(F)C[C@H]2CC[C@@H]1O2. The van der Waals surface area contributed by atoms with E-state index in [-0.39, 0.29) is 12.5 Å². The van der Waals surface area contributed by atoms with Crippen LogP contribution in [0.2, 0.25) is 0 Å². The summed E-state index contributed by atoms with van der Waals surface area (Å²) >= 11 is 0. The Morgan fingerprint density at radius 3 is 2.83 bits per heavy atom. The number of esters is 1. The van der Waals surface area contributed by atoms with E-state index in [0.29, 0.717) is 6.42 Å². The summed E-state index contributed by atoms with van der Waals surface area (Å²) in [5.41, 5.74) is -1.86. The van der Waals surface area contributed by atoms with Crippen molar-refractivity contribution in [2.24, 2.45) is 0 Å². The van der Waals surface area contributed by atoms with Gasteiger partial charge in [0.1, 0.15) is 6.10 Å². The molecule has 0 N–H and O–H groups in total. The molecule has 0 unspecified atom stereocenters. The van der Waals surface area contributed by atoms with Gasteiger partial charge in [0.2, 0.25) is 5.67 Å². The van der Waals surface area contributed by atoms with Gasteiger partial charge in [0.15, 0.2) is 0 Å². The molecule has 0 aromatic heterocycles. The lowest BCUT2D eigenvalue weighted by molar-refractivity contribution is -0.158. The smallest absolute Gasteiger partial charge is 0.346 e. The second-order valence-corrected chi connectivity index (χ2v) is 3.38. The second kappa shape index (κ2) is 2.42. The summed E-state index contributed by atoms with van der Waals surface area (Å²) in [4.78, 5) is 11.0. The summed E-state index contributed by atoms with van der Waals surface area (Å²) in [5.74, 6) is -0.783. The number of hydrogen-bond acceptors (Lipinski definition) is 3. The Kier molecular flexibility index (Phi) is 1.61. The fraction of sp³-hybridized carbons (Fsp3) is 0.875. The Morgan fingerprint density at radius 2 is 2.42 bits per heavy atom. The first-order valence-electron chi connectivity index (χ1n) is 4.09. The highest BCUT2D eigenvalue weighted by Gasteiger charge is 2.59. The number of carbonyl (C=O) groups excluding carboxylic acids is 1. The van der Waals surface area contributed by atoms with Gasteiger partial charge in [-0.2, -0.15) is 0 Å². The number of halogens is 1. The van der Waals surface area contributed by atoms with Crippen LogP contribution in [0.15, 0.2) is 0 Å². The predicted octanol–water partition coefficient (Wildman–Crippen LogP) is 0.819. The topological polar surface area (TPSA) is 35.5 Å². The largest absolute Gasteiger partial charge is 0.467 e. The minimum Gasteiger partial charge on any atom is -0.467 e. The second-order valence-electron chi connectivity index (χ2n) is 3.38. The van der Waals surface area contributed by atoms with Gasteiger partial charge in [0.25, 0.3) is 0 Å². The summed E-state index contributed by atoms with van der Waals surface area (Å²) in [6.07, 6.45) is 1.04. The molecule has 68 valence electrons. The molecular formula is C8H11FO3. The number of alkyl halides is 1. The molecule has 2 aliphatic heterocycles. The van der Waals surface area contributed by atoms with Crippen LogP contribution >= 0.6 is 0 Å². The van der Waals surface area contributed by atoms with Crippen LogP contribution in [0.3, 0.4) is 0 Å². The first kappa shape index (κ1) is 7.98. The minimum atomic E-state index is -1.86. The molecule has 0 amide bonds. The van der Waals surface area contributed by atoms with Crippen LogP contribution in [0.25, 0.3) is 0 Å². The van der Waals surface area contributed by atoms with Gasteiger partial charge in [-0.3, -0.25) is 0 Å². The van der Waals surface area contributed by atoms with Gasteiger partial charge in [-0.05, 0) is 12.8 Å². The lowest BCUT2D eigenvalue weighted by Crippen LogP contribution is -2.43. The van der Waals surface area contributed by atoms with Crippen molar-refractivity contribution in [1.29, 1.82) is 0 Å².